The van der Waals surface area contributed by atoms with Gasteiger partial charge in [-0.25, -0.2) is 14.2 Å². The standard InChI is InChI=1S/C22H26ClFN2O5/c1-11(2)18(15-7-6-14(23)10-16(15)24)13(4)31-22(29)12(3)26-21(28)19-20(27)17(30-5)8-9-25-19/h6-13,18,27H,1-5H3,(H,26,28)/t12-,13-,18+/m0/s1. The lowest BCUT2D eigenvalue weighted by Gasteiger charge is -2.29. The van der Waals surface area contributed by atoms with Gasteiger partial charge >= 0.3 is 5.97 Å². The number of pyridine rings is 1. The zero-order valence-corrected chi connectivity index (χ0v) is 18.7. The molecule has 1 amide bonds. The number of nitrogens with zero attached hydrogens (tertiary/aromatic N) is 1. The number of methoxy groups -OCH3 is 1. The zero-order chi connectivity index (χ0) is 23.3. The summed E-state index contributed by atoms with van der Waals surface area (Å²) in [5, 5.41) is 12.8. The molecule has 0 fully saturated rings. The third kappa shape index (κ3) is 5.85. The molecule has 2 rings (SSSR count). The minimum absolute atomic E-state index is 0.0405. The van der Waals surface area contributed by atoms with Crippen LogP contribution in [0.4, 0.5) is 4.39 Å². The van der Waals surface area contributed by atoms with Gasteiger partial charge in [0.15, 0.2) is 17.2 Å². The second-order valence-electron chi connectivity index (χ2n) is 7.48. The lowest BCUT2D eigenvalue weighted by molar-refractivity contribution is -0.151. The number of hydrogen-bond donors (Lipinski definition) is 2. The Hall–Kier alpha value is -2.87. The summed E-state index contributed by atoms with van der Waals surface area (Å²) in [5.74, 6) is -2.77. The Morgan fingerprint density at radius 3 is 2.45 bits per heavy atom. The second kappa shape index (κ2) is 10.4. The van der Waals surface area contributed by atoms with E-state index in [4.69, 9.17) is 21.1 Å². The SMILES string of the molecule is COc1ccnc(C(=O)N[C@@H](C)C(=O)O[C@@H](C)[C@H](c2ccc(Cl)cc2F)C(C)C)c1O. The van der Waals surface area contributed by atoms with Crippen LogP contribution in [0, 0.1) is 11.7 Å². The largest absolute Gasteiger partial charge is 0.503 e. The molecule has 1 aromatic heterocycles. The fourth-order valence-corrected chi connectivity index (χ4v) is 3.53. The van der Waals surface area contributed by atoms with E-state index < -0.39 is 41.5 Å². The smallest absolute Gasteiger partial charge is 0.328 e. The fourth-order valence-electron chi connectivity index (χ4n) is 3.38. The minimum atomic E-state index is -1.04. The molecule has 3 atom stereocenters. The Balaban J connectivity index is 2.11. The number of halogens is 2. The average molecular weight is 453 g/mol. The molecule has 168 valence electrons. The highest BCUT2D eigenvalue weighted by Gasteiger charge is 2.30. The van der Waals surface area contributed by atoms with Crippen LogP contribution >= 0.6 is 11.6 Å². The van der Waals surface area contributed by atoms with E-state index >= 15 is 0 Å². The Kier molecular flexibility index (Phi) is 8.21. The van der Waals surface area contributed by atoms with Crippen LogP contribution in [-0.4, -0.2) is 41.2 Å². The number of aromatic nitrogens is 1. The van der Waals surface area contributed by atoms with Gasteiger partial charge in [0.1, 0.15) is 18.0 Å². The molecule has 0 unspecified atom stereocenters. The monoisotopic (exact) mass is 452 g/mol. The highest BCUT2D eigenvalue weighted by molar-refractivity contribution is 6.30. The summed E-state index contributed by atoms with van der Waals surface area (Å²) < 4.78 is 24.9. The lowest BCUT2D eigenvalue weighted by Crippen LogP contribution is -2.42. The number of aromatic hydroxyl groups is 1. The summed E-state index contributed by atoms with van der Waals surface area (Å²) in [6.07, 6.45) is 0.623. The summed E-state index contributed by atoms with van der Waals surface area (Å²) in [6.45, 7) is 6.90. The molecule has 0 aliphatic heterocycles. The maximum Gasteiger partial charge on any atom is 0.328 e. The van der Waals surface area contributed by atoms with Crippen LogP contribution in [0.15, 0.2) is 30.5 Å². The molecule has 2 N–H and O–H groups in total. The van der Waals surface area contributed by atoms with Gasteiger partial charge in [0.05, 0.1) is 7.11 Å². The number of esters is 1. The number of nitrogens with one attached hydrogen (secondary N) is 1. The van der Waals surface area contributed by atoms with E-state index in [1.165, 1.54) is 32.4 Å². The molecule has 0 aliphatic carbocycles. The predicted molar refractivity (Wildman–Crippen MR) is 114 cm³/mol. The van der Waals surface area contributed by atoms with Crippen LogP contribution in [0.25, 0.3) is 0 Å². The third-order valence-electron chi connectivity index (χ3n) is 4.87. The van der Waals surface area contributed by atoms with Crippen LogP contribution in [0.2, 0.25) is 5.02 Å². The molecule has 7 nitrogen and oxygen atoms in total. The molecular formula is C22H26ClFN2O5. The fraction of sp³-hybridized carbons (Fsp3) is 0.409. The van der Waals surface area contributed by atoms with Crippen molar-refractivity contribution in [2.75, 3.05) is 7.11 Å². The van der Waals surface area contributed by atoms with Crippen LogP contribution in [-0.2, 0) is 9.53 Å². The Morgan fingerprint density at radius 1 is 1.19 bits per heavy atom. The molecule has 31 heavy (non-hydrogen) atoms. The van der Waals surface area contributed by atoms with Gasteiger partial charge in [-0.15, -0.1) is 0 Å². The van der Waals surface area contributed by atoms with Gasteiger partial charge in [-0.05, 0) is 37.5 Å². The Morgan fingerprint density at radius 2 is 1.87 bits per heavy atom. The number of rotatable bonds is 8. The summed E-state index contributed by atoms with van der Waals surface area (Å²) >= 11 is 5.84. The molecule has 0 spiro atoms. The van der Waals surface area contributed by atoms with Crippen molar-refractivity contribution in [2.24, 2.45) is 5.92 Å². The normalized spacial score (nSPS) is 13.9. The van der Waals surface area contributed by atoms with E-state index in [-0.39, 0.29) is 22.4 Å². The van der Waals surface area contributed by atoms with Gasteiger partial charge in [0.25, 0.3) is 5.91 Å². The molecule has 2 aromatic rings. The van der Waals surface area contributed by atoms with E-state index in [9.17, 15) is 19.1 Å². The van der Waals surface area contributed by atoms with Gasteiger partial charge in [0.2, 0.25) is 0 Å². The topological polar surface area (TPSA) is 97.8 Å². The minimum Gasteiger partial charge on any atom is -0.503 e. The van der Waals surface area contributed by atoms with Gasteiger partial charge in [-0.1, -0.05) is 31.5 Å². The lowest BCUT2D eigenvalue weighted by atomic mass is 9.84. The van der Waals surface area contributed by atoms with Crippen molar-refractivity contribution in [3.05, 3.63) is 52.6 Å². The number of carbonyl (C=O) groups is 2. The van der Waals surface area contributed by atoms with E-state index in [1.807, 2.05) is 13.8 Å². The van der Waals surface area contributed by atoms with Gasteiger partial charge < -0.3 is 19.9 Å². The van der Waals surface area contributed by atoms with E-state index in [0.717, 1.165) is 0 Å². The molecule has 0 aliphatic rings. The first kappa shape index (κ1) is 24.4. The number of benzene rings is 1. The highest BCUT2D eigenvalue weighted by Crippen LogP contribution is 2.33. The first-order valence-corrected chi connectivity index (χ1v) is 10.1. The molecule has 1 aromatic carbocycles. The van der Waals surface area contributed by atoms with Crippen molar-refractivity contribution >= 4 is 23.5 Å². The molecule has 0 saturated carbocycles. The predicted octanol–water partition coefficient (Wildman–Crippen LogP) is 4.08. The van der Waals surface area contributed by atoms with E-state index in [1.54, 1.807) is 19.1 Å². The van der Waals surface area contributed by atoms with E-state index in [2.05, 4.69) is 10.3 Å². The Bertz CT molecular complexity index is 953. The van der Waals surface area contributed by atoms with Gasteiger partial charge in [-0.3, -0.25) is 4.79 Å². The van der Waals surface area contributed by atoms with Crippen molar-refractivity contribution < 1.29 is 28.6 Å². The maximum atomic E-state index is 14.5. The first-order valence-electron chi connectivity index (χ1n) is 9.75. The Labute approximate surface area is 185 Å². The molecule has 0 bridgehead atoms. The van der Waals surface area contributed by atoms with Gasteiger partial charge in [0, 0.05) is 23.2 Å². The summed E-state index contributed by atoms with van der Waals surface area (Å²) in [7, 11) is 1.34. The second-order valence-corrected chi connectivity index (χ2v) is 7.92. The third-order valence-corrected chi connectivity index (χ3v) is 5.11. The van der Waals surface area contributed by atoms with Crippen LogP contribution < -0.4 is 10.1 Å². The van der Waals surface area contributed by atoms with Gasteiger partial charge in [-0.2, -0.15) is 0 Å². The zero-order valence-electron chi connectivity index (χ0n) is 18.0. The first-order chi connectivity index (χ1) is 14.6. The van der Waals surface area contributed by atoms with Crippen molar-refractivity contribution in [3.8, 4) is 11.5 Å². The number of carbonyl (C=O) groups excluding carboxylic acids is 2. The summed E-state index contributed by atoms with van der Waals surface area (Å²) in [6, 6.07) is 4.74. The number of amides is 1. The number of hydrogen-bond acceptors (Lipinski definition) is 6. The average Bonchev–Trinajstić information content (AvgIpc) is 2.69. The summed E-state index contributed by atoms with van der Waals surface area (Å²) in [5.41, 5.74) is 0.109. The van der Waals surface area contributed by atoms with Crippen molar-refractivity contribution in [3.63, 3.8) is 0 Å². The van der Waals surface area contributed by atoms with Crippen molar-refractivity contribution in [2.45, 2.75) is 45.8 Å². The molecule has 1 heterocycles. The summed E-state index contributed by atoms with van der Waals surface area (Å²) in [4.78, 5) is 28.8. The van der Waals surface area contributed by atoms with Crippen LogP contribution in [0.1, 0.15) is 49.7 Å². The van der Waals surface area contributed by atoms with Crippen LogP contribution in [0.5, 0.6) is 11.5 Å². The van der Waals surface area contributed by atoms with Crippen molar-refractivity contribution in [1.82, 2.24) is 10.3 Å². The molecule has 0 radical (unpaired) electrons. The highest BCUT2D eigenvalue weighted by atomic mass is 35.5. The molecule has 9 heteroatoms. The number of ether oxygens (including phenoxy) is 2. The molecular weight excluding hydrogens is 427 g/mol. The molecule has 0 saturated heterocycles. The maximum absolute atomic E-state index is 14.5. The van der Waals surface area contributed by atoms with Crippen LogP contribution in [0.3, 0.4) is 0 Å². The quantitative estimate of drug-likeness (QED) is 0.586. The van der Waals surface area contributed by atoms with E-state index in [0.29, 0.717) is 5.56 Å². The van der Waals surface area contributed by atoms with Crippen molar-refractivity contribution in [1.29, 1.82) is 0 Å².